The van der Waals surface area contributed by atoms with E-state index >= 15 is 0 Å². The van der Waals surface area contributed by atoms with Crippen LogP contribution in [0.3, 0.4) is 0 Å². The molecule has 0 saturated carbocycles. The Morgan fingerprint density at radius 2 is 2.11 bits per heavy atom. The number of aldehydes is 1. The van der Waals surface area contributed by atoms with Gasteiger partial charge in [-0.1, -0.05) is 12.2 Å². The summed E-state index contributed by atoms with van der Waals surface area (Å²) < 4.78 is 9.43. The van der Waals surface area contributed by atoms with E-state index in [2.05, 4.69) is 4.74 Å². The molecule has 0 aliphatic rings. The Morgan fingerprint density at radius 1 is 1.39 bits per heavy atom. The third kappa shape index (κ3) is 3.35. The second-order valence-corrected chi connectivity index (χ2v) is 3.46. The summed E-state index contributed by atoms with van der Waals surface area (Å²) in [6.07, 6.45) is 3.92. The zero-order valence-corrected chi connectivity index (χ0v) is 10.2. The van der Waals surface area contributed by atoms with E-state index in [1.807, 2.05) is 0 Å². The number of phenols is 1. The Labute approximate surface area is 105 Å². The molecule has 0 saturated heterocycles. The molecule has 5 heteroatoms. The van der Waals surface area contributed by atoms with Crippen LogP contribution >= 0.6 is 0 Å². The second-order valence-electron chi connectivity index (χ2n) is 3.46. The zero-order valence-electron chi connectivity index (χ0n) is 10.2. The van der Waals surface area contributed by atoms with E-state index in [-0.39, 0.29) is 29.5 Å². The first-order valence-corrected chi connectivity index (χ1v) is 5.22. The molecule has 18 heavy (non-hydrogen) atoms. The highest BCUT2D eigenvalue weighted by Crippen LogP contribution is 2.30. The maximum Gasteiger partial charge on any atom is 0.309 e. The van der Waals surface area contributed by atoms with Crippen molar-refractivity contribution in [3.05, 3.63) is 29.3 Å². The molecule has 0 radical (unpaired) electrons. The molecule has 0 spiro atoms. The predicted octanol–water partition coefficient (Wildman–Crippen LogP) is 1.79. The topological polar surface area (TPSA) is 72.8 Å². The van der Waals surface area contributed by atoms with E-state index in [4.69, 9.17) is 4.74 Å². The fraction of sp³-hybridized carbons (Fsp3) is 0.231. The summed E-state index contributed by atoms with van der Waals surface area (Å²) in [6, 6.07) is 3.06. The van der Waals surface area contributed by atoms with Gasteiger partial charge in [0.2, 0.25) is 0 Å². The Kier molecular flexibility index (Phi) is 4.92. The number of hydrogen-bond acceptors (Lipinski definition) is 5. The molecule has 1 rings (SSSR count). The quantitative estimate of drug-likeness (QED) is 0.637. The van der Waals surface area contributed by atoms with Gasteiger partial charge in [-0.25, -0.2) is 0 Å². The van der Waals surface area contributed by atoms with Gasteiger partial charge in [0.1, 0.15) is 0 Å². The molecule has 0 aliphatic carbocycles. The summed E-state index contributed by atoms with van der Waals surface area (Å²) >= 11 is 0. The Hall–Kier alpha value is -2.30. The minimum absolute atomic E-state index is 0.132. The van der Waals surface area contributed by atoms with E-state index in [0.717, 1.165) is 0 Å². The van der Waals surface area contributed by atoms with Crippen molar-refractivity contribution in [3.8, 4) is 11.5 Å². The van der Waals surface area contributed by atoms with Crippen molar-refractivity contribution >= 4 is 18.3 Å². The monoisotopic (exact) mass is 250 g/mol. The first kappa shape index (κ1) is 13.8. The van der Waals surface area contributed by atoms with E-state index < -0.39 is 0 Å². The molecular weight excluding hydrogens is 236 g/mol. The highest BCUT2D eigenvalue weighted by Gasteiger charge is 2.08. The van der Waals surface area contributed by atoms with Crippen molar-refractivity contribution in [2.24, 2.45) is 0 Å². The molecule has 0 aliphatic heterocycles. The van der Waals surface area contributed by atoms with Gasteiger partial charge in [0, 0.05) is 0 Å². The fourth-order valence-corrected chi connectivity index (χ4v) is 1.37. The minimum atomic E-state index is -0.354. The molecule has 0 atom stereocenters. The van der Waals surface area contributed by atoms with Crippen LogP contribution < -0.4 is 4.74 Å². The molecular formula is C13H14O5. The summed E-state index contributed by atoms with van der Waals surface area (Å²) in [5, 5.41) is 9.61. The van der Waals surface area contributed by atoms with Crippen molar-refractivity contribution < 1.29 is 24.2 Å². The van der Waals surface area contributed by atoms with Crippen molar-refractivity contribution in [2.45, 2.75) is 6.42 Å². The lowest BCUT2D eigenvalue weighted by molar-refractivity contribution is -0.139. The number of esters is 1. The van der Waals surface area contributed by atoms with Crippen LogP contribution in [0.15, 0.2) is 18.2 Å². The van der Waals surface area contributed by atoms with Crippen LogP contribution in [-0.4, -0.2) is 31.6 Å². The van der Waals surface area contributed by atoms with Crippen LogP contribution in [0.25, 0.3) is 6.08 Å². The molecule has 0 amide bonds. The zero-order chi connectivity index (χ0) is 13.5. The number of ether oxygens (including phenoxy) is 2. The van der Waals surface area contributed by atoms with Gasteiger partial charge in [-0.05, 0) is 17.7 Å². The van der Waals surface area contributed by atoms with Crippen LogP contribution in [0, 0.1) is 0 Å². The van der Waals surface area contributed by atoms with E-state index in [0.29, 0.717) is 11.8 Å². The first-order valence-electron chi connectivity index (χ1n) is 5.22. The Balaban J connectivity index is 2.96. The summed E-state index contributed by atoms with van der Waals surface area (Å²) in [4.78, 5) is 21.7. The molecule has 0 fully saturated rings. The van der Waals surface area contributed by atoms with Crippen LogP contribution in [0.5, 0.6) is 11.5 Å². The van der Waals surface area contributed by atoms with Crippen LogP contribution in [0.4, 0.5) is 0 Å². The van der Waals surface area contributed by atoms with E-state index in [1.165, 1.54) is 20.3 Å². The average Bonchev–Trinajstić information content (AvgIpc) is 2.39. The predicted molar refractivity (Wildman–Crippen MR) is 65.7 cm³/mol. The van der Waals surface area contributed by atoms with Gasteiger partial charge >= 0.3 is 5.97 Å². The van der Waals surface area contributed by atoms with Gasteiger partial charge in [0.25, 0.3) is 0 Å². The molecule has 0 bridgehead atoms. The number of rotatable bonds is 5. The smallest absolute Gasteiger partial charge is 0.309 e. The van der Waals surface area contributed by atoms with Gasteiger partial charge in [-0.15, -0.1) is 0 Å². The molecule has 1 aromatic rings. The SMILES string of the molecule is COC(=O)CC=Cc1cc(C=O)c(O)c(OC)c1. The number of methoxy groups -OCH3 is 2. The van der Waals surface area contributed by atoms with E-state index in [1.54, 1.807) is 18.2 Å². The number of carbonyl (C=O) groups excluding carboxylic acids is 2. The fourth-order valence-electron chi connectivity index (χ4n) is 1.37. The third-order valence-corrected chi connectivity index (χ3v) is 2.30. The van der Waals surface area contributed by atoms with Crippen LogP contribution in [-0.2, 0) is 9.53 Å². The average molecular weight is 250 g/mol. The van der Waals surface area contributed by atoms with Crippen molar-refractivity contribution in [1.82, 2.24) is 0 Å². The maximum absolute atomic E-state index is 10.9. The molecule has 5 nitrogen and oxygen atoms in total. The molecule has 1 aromatic carbocycles. The molecule has 96 valence electrons. The number of hydrogen-bond donors (Lipinski definition) is 1. The lowest BCUT2D eigenvalue weighted by Gasteiger charge is -2.06. The number of aromatic hydroxyl groups is 1. The Bertz CT molecular complexity index is 477. The van der Waals surface area contributed by atoms with Crippen molar-refractivity contribution in [3.63, 3.8) is 0 Å². The standard InChI is InChI=1S/C13H14O5/c1-17-11-7-9(4-3-5-12(15)18-2)6-10(8-14)13(11)16/h3-4,6-8,16H,5H2,1-2H3. The second kappa shape index (κ2) is 6.44. The number of benzene rings is 1. The normalized spacial score (nSPS) is 10.3. The largest absolute Gasteiger partial charge is 0.504 e. The van der Waals surface area contributed by atoms with Gasteiger partial charge in [-0.2, -0.15) is 0 Å². The number of carbonyl (C=O) groups is 2. The van der Waals surface area contributed by atoms with Crippen molar-refractivity contribution in [2.75, 3.05) is 14.2 Å². The summed E-state index contributed by atoms with van der Waals surface area (Å²) in [6.45, 7) is 0. The number of phenolic OH excluding ortho intramolecular Hbond substituents is 1. The lowest BCUT2D eigenvalue weighted by Crippen LogP contribution is -1.96. The Morgan fingerprint density at radius 3 is 2.67 bits per heavy atom. The van der Waals surface area contributed by atoms with E-state index in [9.17, 15) is 14.7 Å². The summed E-state index contributed by atoms with van der Waals surface area (Å²) in [7, 11) is 2.70. The van der Waals surface area contributed by atoms with Crippen LogP contribution in [0.2, 0.25) is 0 Å². The molecule has 0 unspecified atom stereocenters. The van der Waals surface area contributed by atoms with Gasteiger partial charge in [-0.3, -0.25) is 9.59 Å². The molecule has 0 aromatic heterocycles. The molecule has 0 heterocycles. The van der Waals surface area contributed by atoms with Crippen LogP contribution in [0.1, 0.15) is 22.3 Å². The first-order chi connectivity index (χ1) is 8.62. The van der Waals surface area contributed by atoms with Crippen molar-refractivity contribution in [1.29, 1.82) is 0 Å². The molecule has 1 N–H and O–H groups in total. The van der Waals surface area contributed by atoms with Gasteiger partial charge in [0.05, 0.1) is 26.2 Å². The summed E-state index contributed by atoms with van der Waals surface area (Å²) in [5.74, 6) is -0.345. The van der Waals surface area contributed by atoms with Gasteiger partial charge < -0.3 is 14.6 Å². The highest BCUT2D eigenvalue weighted by molar-refractivity contribution is 5.83. The highest BCUT2D eigenvalue weighted by atomic mass is 16.5. The third-order valence-electron chi connectivity index (χ3n) is 2.30. The lowest BCUT2D eigenvalue weighted by atomic mass is 10.1. The van der Waals surface area contributed by atoms with Gasteiger partial charge in [0.15, 0.2) is 17.8 Å². The maximum atomic E-state index is 10.9. The minimum Gasteiger partial charge on any atom is -0.504 e. The summed E-state index contributed by atoms with van der Waals surface area (Å²) in [5.41, 5.74) is 0.780.